The van der Waals surface area contributed by atoms with Crippen LogP contribution in [-0.4, -0.2) is 55.1 Å². The van der Waals surface area contributed by atoms with Gasteiger partial charge in [0.25, 0.3) is 11.8 Å². The second-order valence-corrected chi connectivity index (χ2v) is 9.30. The maximum Gasteiger partial charge on any atom is 0.488 e. The van der Waals surface area contributed by atoms with Crippen LogP contribution in [0.5, 0.6) is 5.75 Å². The molecule has 1 aliphatic rings. The molecule has 192 valence electrons. The Hall–Kier alpha value is -3.37. The summed E-state index contributed by atoms with van der Waals surface area (Å²) in [5.41, 5.74) is 2.30. The van der Waals surface area contributed by atoms with Crippen molar-refractivity contribution in [2.75, 3.05) is 19.5 Å². The molecule has 0 radical (unpaired) electrons. The summed E-state index contributed by atoms with van der Waals surface area (Å²) < 4.78 is 5.41. The number of hydrogen-bond acceptors (Lipinski definition) is 6. The molecule has 9 nitrogen and oxygen atoms in total. The van der Waals surface area contributed by atoms with Gasteiger partial charge in [-0.3, -0.25) is 14.4 Å². The average Bonchev–Trinajstić information content (AvgIpc) is 2.86. The number of benzene rings is 2. The molecule has 0 unspecified atom stereocenters. The Labute approximate surface area is 211 Å². The number of rotatable bonds is 8. The second-order valence-electron chi connectivity index (χ2n) is 9.30. The Kier molecular flexibility index (Phi) is 9.11. The van der Waals surface area contributed by atoms with Crippen LogP contribution in [0.1, 0.15) is 63.9 Å². The van der Waals surface area contributed by atoms with E-state index in [2.05, 4.69) is 16.0 Å². The fraction of sp³-hybridized carbons (Fsp3) is 0.423. The summed E-state index contributed by atoms with van der Waals surface area (Å²) in [5.74, 6) is -0.846. The van der Waals surface area contributed by atoms with Gasteiger partial charge in [0.1, 0.15) is 11.8 Å². The van der Waals surface area contributed by atoms with Crippen LogP contribution in [0.2, 0.25) is 0 Å². The molecular formula is C26H34BN3O6. The molecule has 0 aromatic heterocycles. The van der Waals surface area contributed by atoms with Crippen molar-refractivity contribution in [1.82, 2.24) is 10.6 Å². The van der Waals surface area contributed by atoms with Crippen LogP contribution in [0.3, 0.4) is 0 Å². The number of hydrogen-bond donors (Lipinski definition) is 5. The Balaban J connectivity index is 1.90. The van der Waals surface area contributed by atoms with Gasteiger partial charge in [-0.2, -0.15) is 0 Å². The van der Waals surface area contributed by atoms with Crippen molar-refractivity contribution in [1.29, 1.82) is 0 Å². The van der Waals surface area contributed by atoms with Crippen LogP contribution in [0.4, 0.5) is 5.69 Å². The van der Waals surface area contributed by atoms with E-state index in [0.29, 0.717) is 11.3 Å². The van der Waals surface area contributed by atoms with Gasteiger partial charge >= 0.3 is 7.12 Å². The first-order valence-corrected chi connectivity index (χ1v) is 12.1. The SMILES string of the molecule is CNC(=O)[C@H](NC(=O)c1cc(NC(=O)c2cc(C)cc(C)c2OC)cc(B(O)O)c1)C1CCCCC1. The number of amides is 3. The summed E-state index contributed by atoms with van der Waals surface area (Å²) in [7, 11) is 1.15. The fourth-order valence-corrected chi connectivity index (χ4v) is 4.84. The molecule has 0 bridgehead atoms. The first kappa shape index (κ1) is 27.2. The number of nitrogens with one attached hydrogen (secondary N) is 3. The van der Waals surface area contributed by atoms with Gasteiger partial charge in [0, 0.05) is 18.3 Å². The lowest BCUT2D eigenvalue weighted by molar-refractivity contribution is -0.124. The molecule has 0 aliphatic heterocycles. The van der Waals surface area contributed by atoms with Crippen LogP contribution in [-0.2, 0) is 4.79 Å². The van der Waals surface area contributed by atoms with Gasteiger partial charge < -0.3 is 30.7 Å². The Bertz CT molecular complexity index is 1130. The molecule has 3 rings (SSSR count). The molecule has 0 saturated heterocycles. The monoisotopic (exact) mass is 495 g/mol. The Morgan fingerprint density at radius 3 is 2.31 bits per heavy atom. The third-order valence-corrected chi connectivity index (χ3v) is 6.58. The molecule has 1 saturated carbocycles. The van der Waals surface area contributed by atoms with Gasteiger partial charge in [-0.25, -0.2) is 0 Å². The summed E-state index contributed by atoms with van der Waals surface area (Å²) in [6.45, 7) is 3.70. The highest BCUT2D eigenvalue weighted by molar-refractivity contribution is 6.58. The molecule has 5 N–H and O–H groups in total. The highest BCUT2D eigenvalue weighted by Gasteiger charge is 2.31. The number of carbonyl (C=O) groups is 3. The van der Waals surface area contributed by atoms with E-state index < -0.39 is 25.0 Å². The van der Waals surface area contributed by atoms with Gasteiger partial charge in [-0.15, -0.1) is 0 Å². The van der Waals surface area contributed by atoms with Crippen molar-refractivity contribution >= 4 is 36.0 Å². The van der Waals surface area contributed by atoms with Crippen LogP contribution in [0.15, 0.2) is 30.3 Å². The van der Waals surface area contributed by atoms with E-state index in [1.807, 2.05) is 19.9 Å². The minimum absolute atomic E-state index is 0.0189. The minimum Gasteiger partial charge on any atom is -0.496 e. The van der Waals surface area contributed by atoms with Crippen molar-refractivity contribution in [3.05, 3.63) is 52.6 Å². The van der Waals surface area contributed by atoms with Crippen LogP contribution in [0.25, 0.3) is 0 Å². The number of anilines is 1. The summed E-state index contributed by atoms with van der Waals surface area (Å²) in [6.07, 6.45) is 4.78. The van der Waals surface area contributed by atoms with Crippen molar-refractivity contribution < 1.29 is 29.2 Å². The van der Waals surface area contributed by atoms with E-state index in [1.165, 1.54) is 32.4 Å². The number of carbonyl (C=O) groups excluding carboxylic acids is 3. The Morgan fingerprint density at radius 1 is 1.00 bits per heavy atom. The largest absolute Gasteiger partial charge is 0.496 e. The van der Waals surface area contributed by atoms with Crippen molar-refractivity contribution in [3.8, 4) is 5.75 Å². The smallest absolute Gasteiger partial charge is 0.488 e. The number of likely N-dealkylation sites (N-methyl/N-ethyl adjacent to an activating group) is 1. The normalized spacial score (nSPS) is 14.5. The molecule has 1 fully saturated rings. The van der Waals surface area contributed by atoms with Crippen molar-refractivity contribution in [3.63, 3.8) is 0 Å². The molecule has 0 spiro atoms. The van der Waals surface area contributed by atoms with Crippen LogP contribution in [0, 0.1) is 19.8 Å². The molecular weight excluding hydrogens is 461 g/mol. The number of methoxy groups -OCH3 is 1. The van der Waals surface area contributed by atoms with E-state index >= 15 is 0 Å². The van der Waals surface area contributed by atoms with Crippen molar-refractivity contribution in [2.24, 2.45) is 5.92 Å². The number of ether oxygens (including phenoxy) is 1. The number of aryl methyl sites for hydroxylation is 2. The van der Waals surface area contributed by atoms with Crippen LogP contribution < -0.4 is 26.2 Å². The molecule has 1 aliphatic carbocycles. The van der Waals surface area contributed by atoms with Gasteiger partial charge in [0.15, 0.2) is 0 Å². The summed E-state index contributed by atoms with van der Waals surface area (Å²) in [5, 5.41) is 27.8. The predicted molar refractivity (Wildman–Crippen MR) is 139 cm³/mol. The minimum atomic E-state index is -1.86. The average molecular weight is 495 g/mol. The lowest BCUT2D eigenvalue weighted by Gasteiger charge is -2.29. The molecule has 1 atom stereocenters. The topological polar surface area (TPSA) is 137 Å². The first-order valence-electron chi connectivity index (χ1n) is 12.1. The van der Waals surface area contributed by atoms with Crippen molar-refractivity contribution in [2.45, 2.75) is 52.0 Å². The van der Waals surface area contributed by atoms with Gasteiger partial charge in [0.2, 0.25) is 5.91 Å². The second kappa shape index (κ2) is 12.1. The quantitative estimate of drug-likeness (QED) is 0.354. The fourth-order valence-electron chi connectivity index (χ4n) is 4.84. The summed E-state index contributed by atoms with van der Waals surface area (Å²) >= 11 is 0. The van der Waals surface area contributed by atoms with E-state index in [4.69, 9.17) is 4.74 Å². The molecule has 36 heavy (non-hydrogen) atoms. The molecule has 2 aromatic carbocycles. The third-order valence-electron chi connectivity index (χ3n) is 6.58. The maximum atomic E-state index is 13.2. The van der Waals surface area contributed by atoms with E-state index in [9.17, 15) is 24.4 Å². The zero-order valence-corrected chi connectivity index (χ0v) is 21.2. The zero-order valence-electron chi connectivity index (χ0n) is 21.2. The molecule has 10 heteroatoms. The molecule has 2 aromatic rings. The maximum absolute atomic E-state index is 13.2. The summed E-state index contributed by atoms with van der Waals surface area (Å²) in [4.78, 5) is 38.9. The van der Waals surface area contributed by atoms with E-state index in [0.717, 1.165) is 43.2 Å². The molecule has 3 amide bonds. The van der Waals surface area contributed by atoms with Gasteiger partial charge in [-0.05, 0) is 73.5 Å². The van der Waals surface area contributed by atoms with Gasteiger partial charge in [0.05, 0.1) is 12.7 Å². The molecule has 0 heterocycles. The van der Waals surface area contributed by atoms with Gasteiger partial charge in [-0.1, -0.05) is 25.3 Å². The first-order chi connectivity index (χ1) is 17.1. The highest BCUT2D eigenvalue weighted by atomic mass is 16.5. The predicted octanol–water partition coefficient (Wildman–Crippen LogP) is 1.67. The third kappa shape index (κ3) is 6.44. The lowest BCUT2D eigenvalue weighted by atomic mass is 9.79. The lowest BCUT2D eigenvalue weighted by Crippen LogP contribution is -2.50. The Morgan fingerprint density at radius 2 is 1.69 bits per heavy atom. The summed E-state index contributed by atoms with van der Waals surface area (Å²) in [6, 6.07) is 7.03. The van der Waals surface area contributed by atoms with E-state index in [-0.39, 0.29) is 28.5 Å². The van der Waals surface area contributed by atoms with E-state index in [1.54, 1.807) is 6.07 Å². The van der Waals surface area contributed by atoms with Crippen LogP contribution >= 0.6 is 0 Å². The zero-order chi connectivity index (χ0) is 26.4. The highest BCUT2D eigenvalue weighted by Crippen LogP contribution is 2.28. The standard InChI is InChI=1S/C26H34BN3O6/c1-15-10-16(2)23(36-4)21(11-15)25(32)29-20-13-18(12-19(14-20)27(34)35)24(31)30-22(26(33)28-3)17-8-6-5-7-9-17/h10-14,17,22,34-35H,5-9H2,1-4H3,(H,28,33)(H,29,32)(H,30,31)/t22-/m1/s1.